The Hall–Kier alpha value is -1.06. The van der Waals surface area contributed by atoms with Crippen LogP contribution in [0.4, 0.5) is 0 Å². The Morgan fingerprint density at radius 3 is 1.89 bits per heavy atom. The number of unbranched alkanes of at least 4 members (excludes halogenated alkanes) is 6. The molecule has 0 N–H and O–H groups in total. The van der Waals surface area contributed by atoms with Crippen molar-refractivity contribution < 1.29 is 19.1 Å². The lowest BCUT2D eigenvalue weighted by atomic mass is 9.81. The van der Waals surface area contributed by atoms with Crippen LogP contribution in [0.15, 0.2) is 0 Å². The van der Waals surface area contributed by atoms with E-state index in [1.807, 2.05) is 0 Å². The van der Waals surface area contributed by atoms with Crippen molar-refractivity contribution >= 4 is 11.9 Å². The number of carbonyl (C=O) groups is 2. The van der Waals surface area contributed by atoms with Crippen molar-refractivity contribution in [1.29, 1.82) is 0 Å². The zero-order chi connectivity index (χ0) is 19.9. The number of hydrogen-bond donors (Lipinski definition) is 0. The van der Waals surface area contributed by atoms with Crippen molar-refractivity contribution in [2.45, 2.75) is 104 Å². The van der Waals surface area contributed by atoms with Crippen LogP contribution in [0.2, 0.25) is 0 Å². The van der Waals surface area contributed by atoms with Crippen LogP contribution in [-0.4, -0.2) is 25.2 Å². The Balaban J connectivity index is 2.15. The van der Waals surface area contributed by atoms with Gasteiger partial charge in [0.1, 0.15) is 0 Å². The third-order valence-electron chi connectivity index (χ3n) is 5.50. The molecule has 1 rings (SSSR count). The molecule has 0 amide bonds. The van der Waals surface area contributed by atoms with Crippen LogP contribution >= 0.6 is 0 Å². The van der Waals surface area contributed by atoms with Gasteiger partial charge in [-0.15, -0.1) is 0 Å². The lowest BCUT2D eigenvalue weighted by Crippen LogP contribution is -2.30. The number of ether oxygens (including phenoxy) is 2. The molecule has 0 aromatic carbocycles. The Bertz CT molecular complexity index is 405. The SMILES string of the molecule is CCCCCCCCCOC(=O)C1CCCC(C(=O)OCCCC(C)C)C1. The van der Waals surface area contributed by atoms with Crippen LogP contribution < -0.4 is 0 Å². The minimum atomic E-state index is -0.131. The second kappa shape index (κ2) is 14.9. The molecule has 0 aliphatic heterocycles. The highest BCUT2D eigenvalue weighted by atomic mass is 16.5. The normalized spacial score (nSPS) is 19.9. The summed E-state index contributed by atoms with van der Waals surface area (Å²) in [7, 11) is 0. The first-order chi connectivity index (χ1) is 13.0. The minimum Gasteiger partial charge on any atom is -0.465 e. The van der Waals surface area contributed by atoms with Gasteiger partial charge < -0.3 is 9.47 Å². The first kappa shape index (κ1) is 24.0. The molecule has 158 valence electrons. The Morgan fingerprint density at radius 1 is 0.815 bits per heavy atom. The molecular formula is C23H42O4. The lowest BCUT2D eigenvalue weighted by molar-refractivity contribution is -0.155. The van der Waals surface area contributed by atoms with E-state index in [1.165, 1.54) is 32.1 Å². The van der Waals surface area contributed by atoms with Gasteiger partial charge in [0.2, 0.25) is 0 Å². The molecule has 0 heterocycles. The summed E-state index contributed by atoms with van der Waals surface area (Å²) in [5.41, 5.74) is 0. The maximum atomic E-state index is 12.3. The van der Waals surface area contributed by atoms with E-state index in [0.717, 1.165) is 44.9 Å². The van der Waals surface area contributed by atoms with E-state index in [-0.39, 0.29) is 23.8 Å². The fourth-order valence-electron chi connectivity index (χ4n) is 3.75. The molecule has 0 spiro atoms. The van der Waals surface area contributed by atoms with Crippen LogP contribution in [0, 0.1) is 17.8 Å². The number of esters is 2. The Morgan fingerprint density at radius 2 is 1.33 bits per heavy atom. The molecule has 0 aromatic rings. The molecule has 0 radical (unpaired) electrons. The molecule has 4 heteroatoms. The van der Waals surface area contributed by atoms with Gasteiger partial charge in [-0.3, -0.25) is 9.59 Å². The van der Waals surface area contributed by atoms with Crippen molar-refractivity contribution in [2.24, 2.45) is 17.8 Å². The monoisotopic (exact) mass is 382 g/mol. The zero-order valence-corrected chi connectivity index (χ0v) is 18.0. The van der Waals surface area contributed by atoms with E-state index in [0.29, 0.717) is 25.6 Å². The standard InChI is InChI=1S/C23H42O4/c1-4-5-6-7-8-9-10-16-26-22(24)20-14-11-15-21(18-20)23(25)27-17-12-13-19(2)3/h19-21H,4-18H2,1-3H3. The van der Waals surface area contributed by atoms with Gasteiger partial charge in [0.05, 0.1) is 25.0 Å². The van der Waals surface area contributed by atoms with E-state index < -0.39 is 0 Å². The number of rotatable bonds is 14. The van der Waals surface area contributed by atoms with Crippen molar-refractivity contribution in [3.05, 3.63) is 0 Å². The van der Waals surface area contributed by atoms with Crippen LogP contribution in [0.3, 0.4) is 0 Å². The summed E-state index contributed by atoms with van der Waals surface area (Å²) < 4.78 is 10.9. The van der Waals surface area contributed by atoms with E-state index in [2.05, 4.69) is 20.8 Å². The highest BCUT2D eigenvalue weighted by molar-refractivity contribution is 5.76. The van der Waals surface area contributed by atoms with E-state index in [9.17, 15) is 9.59 Å². The average molecular weight is 383 g/mol. The van der Waals surface area contributed by atoms with Crippen LogP contribution in [0.1, 0.15) is 104 Å². The van der Waals surface area contributed by atoms with Crippen LogP contribution in [-0.2, 0) is 19.1 Å². The predicted molar refractivity (Wildman–Crippen MR) is 109 cm³/mol. The first-order valence-electron chi connectivity index (χ1n) is 11.4. The number of hydrogen-bond acceptors (Lipinski definition) is 4. The molecule has 0 saturated heterocycles. The molecule has 1 saturated carbocycles. The molecular weight excluding hydrogens is 340 g/mol. The topological polar surface area (TPSA) is 52.6 Å². The average Bonchev–Trinajstić information content (AvgIpc) is 2.67. The van der Waals surface area contributed by atoms with Gasteiger partial charge in [-0.05, 0) is 44.4 Å². The highest BCUT2D eigenvalue weighted by Gasteiger charge is 2.32. The summed E-state index contributed by atoms with van der Waals surface area (Å²) in [6.07, 6.45) is 13.7. The number of carbonyl (C=O) groups excluding carboxylic acids is 2. The summed E-state index contributed by atoms with van der Waals surface area (Å²) in [5, 5.41) is 0. The second-order valence-electron chi connectivity index (χ2n) is 8.55. The molecule has 2 atom stereocenters. The summed E-state index contributed by atoms with van der Waals surface area (Å²) in [6, 6.07) is 0. The van der Waals surface area contributed by atoms with Crippen LogP contribution in [0.25, 0.3) is 0 Å². The maximum absolute atomic E-state index is 12.3. The zero-order valence-electron chi connectivity index (χ0n) is 18.0. The predicted octanol–water partition coefficient (Wildman–Crippen LogP) is 6.07. The first-order valence-corrected chi connectivity index (χ1v) is 11.4. The van der Waals surface area contributed by atoms with E-state index >= 15 is 0 Å². The summed E-state index contributed by atoms with van der Waals surface area (Å²) >= 11 is 0. The minimum absolute atomic E-state index is 0.113. The smallest absolute Gasteiger partial charge is 0.308 e. The van der Waals surface area contributed by atoms with Gasteiger partial charge in [0, 0.05) is 0 Å². The molecule has 4 nitrogen and oxygen atoms in total. The highest BCUT2D eigenvalue weighted by Crippen LogP contribution is 2.31. The largest absolute Gasteiger partial charge is 0.465 e. The third kappa shape index (κ3) is 11.4. The van der Waals surface area contributed by atoms with Crippen molar-refractivity contribution in [1.82, 2.24) is 0 Å². The van der Waals surface area contributed by atoms with Crippen molar-refractivity contribution in [3.63, 3.8) is 0 Å². The van der Waals surface area contributed by atoms with Gasteiger partial charge in [-0.25, -0.2) is 0 Å². The molecule has 1 aliphatic carbocycles. The van der Waals surface area contributed by atoms with Crippen molar-refractivity contribution in [3.8, 4) is 0 Å². The molecule has 0 bridgehead atoms. The third-order valence-corrected chi connectivity index (χ3v) is 5.50. The van der Waals surface area contributed by atoms with E-state index in [1.54, 1.807) is 0 Å². The van der Waals surface area contributed by atoms with Crippen molar-refractivity contribution in [2.75, 3.05) is 13.2 Å². The maximum Gasteiger partial charge on any atom is 0.308 e. The summed E-state index contributed by atoms with van der Waals surface area (Å²) in [6.45, 7) is 7.59. The molecule has 1 aliphatic rings. The Labute approximate surface area is 166 Å². The molecule has 0 aromatic heterocycles. The second-order valence-corrected chi connectivity index (χ2v) is 8.55. The van der Waals surface area contributed by atoms with Gasteiger partial charge in [-0.1, -0.05) is 65.7 Å². The fraction of sp³-hybridized carbons (Fsp3) is 0.913. The molecule has 2 unspecified atom stereocenters. The quantitative estimate of drug-likeness (QED) is 0.270. The van der Waals surface area contributed by atoms with Gasteiger partial charge >= 0.3 is 11.9 Å². The summed E-state index contributed by atoms with van der Waals surface area (Å²) in [5.74, 6) is 0.140. The lowest BCUT2D eigenvalue weighted by Gasteiger charge is -2.26. The van der Waals surface area contributed by atoms with Gasteiger partial charge in [0.15, 0.2) is 0 Å². The van der Waals surface area contributed by atoms with Crippen LogP contribution in [0.5, 0.6) is 0 Å². The molecule has 1 fully saturated rings. The Kier molecular flexibility index (Phi) is 13.3. The summed E-state index contributed by atoms with van der Waals surface area (Å²) in [4.78, 5) is 24.5. The molecule has 27 heavy (non-hydrogen) atoms. The van der Waals surface area contributed by atoms with E-state index in [4.69, 9.17) is 9.47 Å². The van der Waals surface area contributed by atoms with Gasteiger partial charge in [0.25, 0.3) is 0 Å². The van der Waals surface area contributed by atoms with Gasteiger partial charge in [-0.2, -0.15) is 0 Å². The fourth-order valence-corrected chi connectivity index (χ4v) is 3.75.